The van der Waals surface area contributed by atoms with Crippen molar-refractivity contribution in [2.45, 2.75) is 106 Å². The van der Waals surface area contributed by atoms with E-state index in [1.165, 1.54) is 12.7 Å². The summed E-state index contributed by atoms with van der Waals surface area (Å²) in [4.78, 5) is 41.1. The lowest BCUT2D eigenvalue weighted by Crippen LogP contribution is -2.65. The lowest BCUT2D eigenvalue weighted by Gasteiger charge is -2.69. The molecule has 6 rings (SSSR count). The van der Waals surface area contributed by atoms with Gasteiger partial charge in [0.2, 0.25) is 0 Å². The van der Waals surface area contributed by atoms with Crippen molar-refractivity contribution in [2.24, 2.45) is 50.2 Å². The van der Waals surface area contributed by atoms with Gasteiger partial charge in [0.15, 0.2) is 5.78 Å². The van der Waals surface area contributed by atoms with Crippen molar-refractivity contribution in [3.63, 3.8) is 0 Å². The number of esters is 2. The second kappa shape index (κ2) is 10.2. The number of fused-ring (bicyclic) bond motifs is 7. The predicted molar refractivity (Wildman–Crippen MR) is 171 cm³/mol. The fourth-order valence-corrected chi connectivity index (χ4v) is 11.3. The number of carbonyl (C=O) groups is 3. The molecule has 0 bridgehead atoms. The molecule has 5 heteroatoms. The molecule has 3 fully saturated rings. The molecule has 0 saturated heterocycles. The fourth-order valence-electron chi connectivity index (χ4n) is 11.3. The largest absolute Gasteiger partial charge is 0.466 e. The van der Waals surface area contributed by atoms with E-state index in [1.54, 1.807) is 0 Å². The quantitative estimate of drug-likeness (QED) is 0.325. The number of ketones is 1. The summed E-state index contributed by atoms with van der Waals surface area (Å²) >= 11 is 0. The molecule has 0 amide bonds. The maximum atomic E-state index is 14.6. The van der Waals surface area contributed by atoms with E-state index in [4.69, 9.17) is 9.47 Å². The van der Waals surface area contributed by atoms with Gasteiger partial charge in [-0.2, -0.15) is 0 Å². The maximum Gasteiger partial charge on any atom is 0.333 e. The Balaban J connectivity index is 1.35. The van der Waals surface area contributed by atoms with Crippen molar-refractivity contribution < 1.29 is 23.9 Å². The molecule has 0 heterocycles. The molecule has 0 spiro atoms. The lowest BCUT2D eigenvalue weighted by molar-refractivity contribution is -0.177. The highest BCUT2D eigenvalue weighted by molar-refractivity contribution is 5.96. The van der Waals surface area contributed by atoms with Crippen molar-refractivity contribution in [3.05, 3.63) is 59.2 Å². The van der Waals surface area contributed by atoms with Gasteiger partial charge in [-0.1, -0.05) is 83.5 Å². The minimum absolute atomic E-state index is 0.0696. The smallest absolute Gasteiger partial charge is 0.333 e. The first-order valence-corrected chi connectivity index (χ1v) is 16.8. The summed E-state index contributed by atoms with van der Waals surface area (Å²) in [5.41, 5.74) is 1.58. The van der Waals surface area contributed by atoms with Gasteiger partial charge in [-0.05, 0) is 109 Å². The molecular weight excluding hydrogens is 548 g/mol. The highest BCUT2D eigenvalue weighted by Gasteiger charge is 2.70. The number of carbonyl (C=O) groups excluding carboxylic acids is 3. The maximum absolute atomic E-state index is 14.6. The number of rotatable bonds is 4. The Hall–Kier alpha value is -2.69. The highest BCUT2D eigenvalue weighted by atomic mass is 16.5. The average Bonchev–Trinajstić information content (AvgIpc) is 2.97. The van der Waals surface area contributed by atoms with Crippen LogP contribution in [0.3, 0.4) is 0 Å². The Labute approximate surface area is 264 Å². The van der Waals surface area contributed by atoms with Crippen LogP contribution in [0.5, 0.6) is 0 Å². The Morgan fingerprint density at radius 1 is 0.909 bits per heavy atom. The molecule has 0 aliphatic heterocycles. The van der Waals surface area contributed by atoms with E-state index in [0.717, 1.165) is 56.1 Å². The van der Waals surface area contributed by atoms with Crippen LogP contribution in [-0.2, 0) is 30.5 Å². The summed E-state index contributed by atoms with van der Waals surface area (Å²) in [6, 6.07) is 9.89. The molecule has 1 aromatic carbocycles. The van der Waals surface area contributed by atoms with Gasteiger partial charge in [0.05, 0.1) is 12.5 Å². The van der Waals surface area contributed by atoms with Crippen LogP contribution in [0.4, 0.5) is 0 Å². The molecule has 0 aromatic heterocycles. The molecule has 44 heavy (non-hydrogen) atoms. The Morgan fingerprint density at radius 2 is 1.59 bits per heavy atom. The molecule has 238 valence electrons. The normalized spacial score (nSPS) is 42.4. The summed E-state index contributed by atoms with van der Waals surface area (Å²) < 4.78 is 11.1. The first-order valence-electron chi connectivity index (χ1n) is 16.8. The number of allylic oxidation sites excluding steroid dienone is 3. The van der Waals surface area contributed by atoms with E-state index in [2.05, 4.69) is 60.6 Å². The number of ether oxygens (including phenoxy) is 2. The van der Waals surface area contributed by atoms with E-state index in [0.29, 0.717) is 6.42 Å². The van der Waals surface area contributed by atoms with Gasteiger partial charge in [0, 0.05) is 11.5 Å². The zero-order chi connectivity index (χ0) is 31.9. The van der Waals surface area contributed by atoms with Gasteiger partial charge in [-0.25, -0.2) is 4.79 Å². The van der Waals surface area contributed by atoms with E-state index in [-0.39, 0.29) is 69.2 Å². The van der Waals surface area contributed by atoms with Gasteiger partial charge in [0.1, 0.15) is 6.61 Å². The van der Waals surface area contributed by atoms with Crippen molar-refractivity contribution in [1.82, 2.24) is 0 Å². The summed E-state index contributed by atoms with van der Waals surface area (Å²) in [6.07, 6.45) is 11.4. The zero-order valence-electron chi connectivity index (χ0n) is 28.2. The molecule has 5 nitrogen and oxygen atoms in total. The third-order valence-corrected chi connectivity index (χ3v) is 14.3. The van der Waals surface area contributed by atoms with Crippen LogP contribution in [0.2, 0.25) is 0 Å². The third kappa shape index (κ3) is 4.26. The van der Waals surface area contributed by atoms with Gasteiger partial charge < -0.3 is 9.47 Å². The van der Waals surface area contributed by atoms with Crippen molar-refractivity contribution >= 4 is 17.7 Å². The van der Waals surface area contributed by atoms with Crippen LogP contribution < -0.4 is 0 Å². The summed E-state index contributed by atoms with van der Waals surface area (Å²) in [5.74, 6) is 0.149. The fraction of sp³-hybridized carbons (Fsp3) is 0.667. The van der Waals surface area contributed by atoms with Gasteiger partial charge in [-0.15, -0.1) is 0 Å². The van der Waals surface area contributed by atoms with Gasteiger partial charge >= 0.3 is 11.9 Å². The SMILES string of the molecule is COC(=O)C1=CC[C@]2(C)[C@H]3C(=O)C=C4[C@@H]5C[C@@](C)(C(=O)OCc6ccccc6)CC[C@]5(C)CC[C@@]4(C)[C@]3(C)CC[C@H]2C1(C)C. The molecule has 1 aromatic rings. The molecule has 3 saturated carbocycles. The second-order valence-electron chi connectivity index (χ2n) is 16.9. The molecule has 5 aliphatic carbocycles. The predicted octanol–water partition coefficient (Wildman–Crippen LogP) is 8.42. The van der Waals surface area contributed by atoms with E-state index >= 15 is 0 Å². The Kier molecular flexibility index (Phi) is 7.23. The van der Waals surface area contributed by atoms with Crippen LogP contribution >= 0.6 is 0 Å². The van der Waals surface area contributed by atoms with Gasteiger partial charge in [-0.3, -0.25) is 9.59 Å². The topological polar surface area (TPSA) is 69.7 Å². The molecule has 5 aliphatic rings. The van der Waals surface area contributed by atoms with Crippen molar-refractivity contribution in [2.75, 3.05) is 7.11 Å². The average molecular weight is 601 g/mol. The molecular formula is C39H52O5. The minimum atomic E-state index is -0.578. The van der Waals surface area contributed by atoms with Crippen LogP contribution in [0.25, 0.3) is 0 Å². The van der Waals surface area contributed by atoms with Crippen LogP contribution in [0.15, 0.2) is 53.6 Å². The summed E-state index contributed by atoms with van der Waals surface area (Å²) in [5, 5.41) is 0. The van der Waals surface area contributed by atoms with Crippen molar-refractivity contribution in [3.8, 4) is 0 Å². The number of hydrogen-bond acceptors (Lipinski definition) is 5. The van der Waals surface area contributed by atoms with Crippen LogP contribution in [0.1, 0.15) is 105 Å². The highest BCUT2D eigenvalue weighted by Crippen LogP contribution is 2.75. The molecule has 8 atom stereocenters. The number of methoxy groups -OCH3 is 1. The van der Waals surface area contributed by atoms with Crippen molar-refractivity contribution in [1.29, 1.82) is 0 Å². The van der Waals surface area contributed by atoms with Crippen LogP contribution in [-0.4, -0.2) is 24.8 Å². The number of hydrogen-bond donors (Lipinski definition) is 0. The second-order valence-corrected chi connectivity index (χ2v) is 16.9. The zero-order valence-corrected chi connectivity index (χ0v) is 28.2. The number of benzene rings is 1. The molecule has 0 unspecified atom stereocenters. The standard InChI is InChI=1S/C39H52O5/c1-34(2)26(32(41)43-8)14-16-37(5)30(34)15-17-39(7)31(37)29(40)22-27-28-23-36(4,19-18-35(28,3)20-21-38(27,39)6)33(42)44-24-25-12-10-9-11-13-25/h9-14,22,28,30-31H,15-21,23-24H2,1-8H3/t28-,30-,31+,35+,36-,37-,38+,39+/m0/s1. The summed E-state index contributed by atoms with van der Waals surface area (Å²) in [6.45, 7) is 16.3. The monoisotopic (exact) mass is 600 g/mol. The first-order chi connectivity index (χ1) is 20.6. The first kappa shape index (κ1) is 31.3. The summed E-state index contributed by atoms with van der Waals surface area (Å²) in [7, 11) is 1.46. The Bertz CT molecular complexity index is 1440. The Morgan fingerprint density at radius 3 is 2.27 bits per heavy atom. The van der Waals surface area contributed by atoms with E-state index in [9.17, 15) is 14.4 Å². The third-order valence-electron chi connectivity index (χ3n) is 14.3. The molecule has 0 N–H and O–H groups in total. The minimum Gasteiger partial charge on any atom is -0.466 e. The lowest BCUT2D eigenvalue weighted by atomic mass is 9.33. The van der Waals surface area contributed by atoms with E-state index in [1.807, 2.05) is 30.3 Å². The van der Waals surface area contributed by atoms with Gasteiger partial charge in [0.25, 0.3) is 0 Å². The van der Waals surface area contributed by atoms with E-state index < -0.39 is 5.41 Å². The van der Waals surface area contributed by atoms with Crippen LogP contribution in [0, 0.1) is 50.2 Å². The molecule has 0 radical (unpaired) electrons.